The molecule has 0 saturated carbocycles. The van der Waals surface area contributed by atoms with Crippen LogP contribution in [-0.2, 0) is 13.0 Å². The van der Waals surface area contributed by atoms with Gasteiger partial charge in [0, 0.05) is 6.42 Å². The molecule has 0 aliphatic heterocycles. The zero-order valence-corrected chi connectivity index (χ0v) is 9.49. The van der Waals surface area contributed by atoms with Gasteiger partial charge in [-0.15, -0.1) is 0 Å². The van der Waals surface area contributed by atoms with Gasteiger partial charge in [-0.1, -0.05) is 18.2 Å². The van der Waals surface area contributed by atoms with Gasteiger partial charge in [0.05, 0.1) is 0 Å². The third kappa shape index (κ3) is 2.28. The minimum Gasteiger partial charge on any atom is -0.388 e. The van der Waals surface area contributed by atoms with Crippen molar-refractivity contribution in [3.05, 3.63) is 46.5 Å². The lowest BCUT2D eigenvalue weighted by Gasteiger charge is -2.03. The van der Waals surface area contributed by atoms with Crippen LogP contribution in [0.5, 0.6) is 0 Å². The number of H-pyrrole nitrogens is 1. The van der Waals surface area contributed by atoms with E-state index in [2.05, 4.69) is 47.2 Å². The van der Waals surface area contributed by atoms with Crippen molar-refractivity contribution < 1.29 is 5.11 Å². The number of aliphatic hydroxyl groups is 1. The molecule has 0 bridgehead atoms. The molecule has 2 rings (SSSR count). The summed E-state index contributed by atoms with van der Waals surface area (Å²) in [7, 11) is 0. The minimum atomic E-state index is -0.122. The molecule has 16 heavy (non-hydrogen) atoms. The third-order valence-corrected chi connectivity index (χ3v) is 2.66. The second kappa shape index (κ2) is 4.45. The topological polar surface area (TPSA) is 61.8 Å². The van der Waals surface area contributed by atoms with Crippen LogP contribution in [0.3, 0.4) is 0 Å². The smallest absolute Gasteiger partial charge is 0.176 e. The number of nitrogens with one attached hydrogen (secondary N) is 1. The zero-order chi connectivity index (χ0) is 11.5. The summed E-state index contributed by atoms with van der Waals surface area (Å²) in [6.45, 7) is 4.07. The maximum atomic E-state index is 8.85. The standard InChI is InChI=1S/C12H15N3O/c1-8-3-4-10(5-9(8)2)6-11-13-12(7-16)15-14-11/h3-5,16H,6-7H2,1-2H3,(H,13,14,15). The predicted molar refractivity (Wildman–Crippen MR) is 61.0 cm³/mol. The fraction of sp³-hybridized carbons (Fsp3) is 0.333. The first-order chi connectivity index (χ1) is 7.69. The van der Waals surface area contributed by atoms with Crippen molar-refractivity contribution in [2.45, 2.75) is 26.9 Å². The van der Waals surface area contributed by atoms with Gasteiger partial charge < -0.3 is 5.11 Å². The van der Waals surface area contributed by atoms with Crippen molar-refractivity contribution >= 4 is 0 Å². The molecule has 84 valence electrons. The molecule has 0 spiro atoms. The van der Waals surface area contributed by atoms with E-state index in [1.165, 1.54) is 16.7 Å². The number of aromatic nitrogens is 3. The lowest BCUT2D eigenvalue weighted by Crippen LogP contribution is -1.93. The van der Waals surface area contributed by atoms with Crippen LogP contribution in [0.15, 0.2) is 18.2 Å². The fourth-order valence-corrected chi connectivity index (χ4v) is 1.59. The van der Waals surface area contributed by atoms with Gasteiger partial charge in [0.15, 0.2) is 5.82 Å². The van der Waals surface area contributed by atoms with Crippen LogP contribution in [0.1, 0.15) is 28.3 Å². The lowest BCUT2D eigenvalue weighted by molar-refractivity contribution is 0.272. The van der Waals surface area contributed by atoms with Crippen LogP contribution >= 0.6 is 0 Å². The molecule has 0 unspecified atom stereocenters. The van der Waals surface area contributed by atoms with E-state index in [1.807, 2.05) is 0 Å². The Labute approximate surface area is 94.4 Å². The molecule has 1 aromatic carbocycles. The van der Waals surface area contributed by atoms with Crippen molar-refractivity contribution in [1.29, 1.82) is 0 Å². The molecule has 0 aliphatic carbocycles. The van der Waals surface area contributed by atoms with Gasteiger partial charge in [0.1, 0.15) is 12.4 Å². The van der Waals surface area contributed by atoms with E-state index in [4.69, 9.17) is 5.11 Å². The van der Waals surface area contributed by atoms with E-state index >= 15 is 0 Å². The summed E-state index contributed by atoms with van der Waals surface area (Å²) in [5.41, 5.74) is 3.76. The van der Waals surface area contributed by atoms with Crippen molar-refractivity contribution in [1.82, 2.24) is 15.2 Å². The second-order valence-electron chi connectivity index (χ2n) is 3.95. The van der Waals surface area contributed by atoms with E-state index < -0.39 is 0 Å². The van der Waals surface area contributed by atoms with Crippen molar-refractivity contribution in [2.75, 3.05) is 0 Å². The van der Waals surface area contributed by atoms with E-state index in [-0.39, 0.29) is 6.61 Å². The minimum absolute atomic E-state index is 0.122. The van der Waals surface area contributed by atoms with Gasteiger partial charge in [-0.3, -0.25) is 5.10 Å². The molecule has 0 saturated heterocycles. The maximum Gasteiger partial charge on any atom is 0.176 e. The highest BCUT2D eigenvalue weighted by molar-refractivity contribution is 5.31. The number of rotatable bonds is 3. The molecule has 2 N–H and O–H groups in total. The van der Waals surface area contributed by atoms with Gasteiger partial charge in [0.2, 0.25) is 0 Å². The largest absolute Gasteiger partial charge is 0.388 e. The number of aromatic amines is 1. The molecule has 1 heterocycles. The Kier molecular flexibility index (Phi) is 3.01. The Bertz CT molecular complexity index is 491. The second-order valence-corrected chi connectivity index (χ2v) is 3.95. The van der Waals surface area contributed by atoms with Crippen LogP contribution < -0.4 is 0 Å². The monoisotopic (exact) mass is 217 g/mol. The number of benzene rings is 1. The molecule has 4 heteroatoms. The highest BCUT2D eigenvalue weighted by atomic mass is 16.3. The first kappa shape index (κ1) is 10.8. The Hall–Kier alpha value is -1.68. The van der Waals surface area contributed by atoms with Crippen molar-refractivity contribution in [2.24, 2.45) is 0 Å². The fourth-order valence-electron chi connectivity index (χ4n) is 1.59. The summed E-state index contributed by atoms with van der Waals surface area (Å²) in [6.07, 6.45) is 0.716. The van der Waals surface area contributed by atoms with Gasteiger partial charge in [-0.2, -0.15) is 5.10 Å². The molecular weight excluding hydrogens is 202 g/mol. The van der Waals surface area contributed by atoms with Crippen LogP contribution in [0.25, 0.3) is 0 Å². The van der Waals surface area contributed by atoms with Crippen molar-refractivity contribution in [3.8, 4) is 0 Å². The summed E-state index contributed by atoms with van der Waals surface area (Å²) < 4.78 is 0. The Morgan fingerprint density at radius 2 is 2.06 bits per heavy atom. The van der Waals surface area contributed by atoms with E-state index in [1.54, 1.807) is 0 Å². The molecule has 2 aromatic rings. The van der Waals surface area contributed by atoms with Crippen LogP contribution in [-0.4, -0.2) is 20.3 Å². The predicted octanol–water partition coefficient (Wildman–Crippen LogP) is 1.50. The van der Waals surface area contributed by atoms with Gasteiger partial charge in [0.25, 0.3) is 0 Å². The molecule has 0 fully saturated rings. The van der Waals surface area contributed by atoms with E-state index in [9.17, 15) is 0 Å². The highest BCUT2D eigenvalue weighted by Gasteiger charge is 2.03. The summed E-state index contributed by atoms with van der Waals surface area (Å²) in [4.78, 5) is 4.16. The molecule has 0 aliphatic rings. The number of hydrogen-bond acceptors (Lipinski definition) is 3. The van der Waals surface area contributed by atoms with Crippen LogP contribution in [0, 0.1) is 13.8 Å². The number of hydrogen-bond donors (Lipinski definition) is 2. The van der Waals surface area contributed by atoms with Gasteiger partial charge >= 0.3 is 0 Å². The van der Waals surface area contributed by atoms with Crippen LogP contribution in [0.4, 0.5) is 0 Å². The first-order valence-corrected chi connectivity index (χ1v) is 5.26. The molecule has 0 radical (unpaired) electrons. The van der Waals surface area contributed by atoms with Gasteiger partial charge in [-0.25, -0.2) is 4.98 Å². The molecule has 0 atom stereocenters. The third-order valence-electron chi connectivity index (χ3n) is 2.66. The summed E-state index contributed by atoms with van der Waals surface area (Å²) in [6, 6.07) is 6.34. The highest BCUT2D eigenvalue weighted by Crippen LogP contribution is 2.12. The quantitative estimate of drug-likeness (QED) is 0.819. The molecular formula is C12H15N3O. The molecule has 1 aromatic heterocycles. The average Bonchev–Trinajstić information content (AvgIpc) is 2.71. The number of nitrogens with zero attached hydrogens (tertiary/aromatic N) is 2. The average molecular weight is 217 g/mol. The zero-order valence-electron chi connectivity index (χ0n) is 9.49. The summed E-state index contributed by atoms with van der Waals surface area (Å²) in [5, 5.41) is 15.6. The van der Waals surface area contributed by atoms with E-state index in [0.29, 0.717) is 12.2 Å². The SMILES string of the molecule is Cc1ccc(Cc2nc(CO)n[nH]2)cc1C. The number of aliphatic hydroxyl groups excluding tert-OH is 1. The van der Waals surface area contributed by atoms with Gasteiger partial charge in [-0.05, 0) is 30.5 Å². The Morgan fingerprint density at radius 3 is 2.69 bits per heavy atom. The summed E-state index contributed by atoms with van der Waals surface area (Å²) in [5.74, 6) is 1.23. The molecule has 4 nitrogen and oxygen atoms in total. The normalized spacial score (nSPS) is 10.7. The first-order valence-electron chi connectivity index (χ1n) is 5.26. The molecule has 0 amide bonds. The Morgan fingerprint density at radius 1 is 1.25 bits per heavy atom. The Balaban J connectivity index is 2.17. The summed E-state index contributed by atoms with van der Waals surface area (Å²) >= 11 is 0. The van der Waals surface area contributed by atoms with Crippen molar-refractivity contribution in [3.63, 3.8) is 0 Å². The lowest BCUT2D eigenvalue weighted by atomic mass is 10.0. The van der Waals surface area contributed by atoms with Crippen LogP contribution in [0.2, 0.25) is 0 Å². The maximum absolute atomic E-state index is 8.85. The number of aryl methyl sites for hydroxylation is 2. The van der Waals surface area contributed by atoms with E-state index in [0.717, 1.165) is 5.82 Å².